The van der Waals surface area contributed by atoms with Crippen molar-refractivity contribution in [3.8, 4) is 5.75 Å². The Morgan fingerprint density at radius 3 is 2.53 bits per heavy atom. The standard InChI is InChI=1S/C15H23NO/c1-4-5-6-14(16-2)10-7-13-8-11-15(17-3)12-9-13/h4,8-9,11-12,14,16H,1,5-7,10H2,2-3H3. The Labute approximate surface area is 105 Å². The van der Waals surface area contributed by atoms with Gasteiger partial charge in [-0.1, -0.05) is 18.2 Å². The molecule has 0 aliphatic rings. The molecule has 1 unspecified atom stereocenters. The van der Waals surface area contributed by atoms with Crippen molar-refractivity contribution in [2.75, 3.05) is 14.2 Å². The van der Waals surface area contributed by atoms with Crippen LogP contribution in [0.4, 0.5) is 0 Å². The van der Waals surface area contributed by atoms with Crippen LogP contribution in [0, 0.1) is 0 Å². The zero-order valence-corrected chi connectivity index (χ0v) is 10.9. The van der Waals surface area contributed by atoms with Crippen LogP contribution < -0.4 is 10.1 Å². The SMILES string of the molecule is C=CCCC(CCc1ccc(OC)cc1)NC. The van der Waals surface area contributed by atoms with Crippen molar-refractivity contribution in [2.24, 2.45) is 0 Å². The van der Waals surface area contributed by atoms with Crippen molar-refractivity contribution in [3.63, 3.8) is 0 Å². The first-order chi connectivity index (χ1) is 8.30. The number of benzene rings is 1. The zero-order chi connectivity index (χ0) is 12.5. The maximum absolute atomic E-state index is 5.15. The number of methoxy groups -OCH3 is 1. The van der Waals surface area contributed by atoms with Crippen molar-refractivity contribution < 1.29 is 4.74 Å². The lowest BCUT2D eigenvalue weighted by molar-refractivity contribution is 0.414. The molecule has 1 N–H and O–H groups in total. The third kappa shape index (κ3) is 5.05. The molecule has 17 heavy (non-hydrogen) atoms. The highest BCUT2D eigenvalue weighted by atomic mass is 16.5. The molecule has 94 valence electrons. The molecule has 1 aromatic rings. The van der Waals surface area contributed by atoms with E-state index in [1.165, 1.54) is 5.56 Å². The molecule has 0 saturated carbocycles. The fourth-order valence-electron chi connectivity index (χ4n) is 1.89. The third-order valence-electron chi connectivity index (χ3n) is 3.07. The lowest BCUT2D eigenvalue weighted by Gasteiger charge is -2.15. The molecule has 0 aromatic heterocycles. The predicted molar refractivity (Wildman–Crippen MR) is 73.6 cm³/mol. The number of aryl methyl sites for hydroxylation is 1. The van der Waals surface area contributed by atoms with Gasteiger partial charge in [-0.05, 0) is 50.4 Å². The van der Waals surface area contributed by atoms with Crippen LogP contribution in [0.1, 0.15) is 24.8 Å². The minimum absolute atomic E-state index is 0.579. The fraction of sp³-hybridized carbons (Fsp3) is 0.467. The summed E-state index contributed by atoms with van der Waals surface area (Å²) in [7, 11) is 3.73. The molecule has 0 amide bonds. The van der Waals surface area contributed by atoms with Gasteiger partial charge in [0.1, 0.15) is 5.75 Å². The molecular formula is C15H23NO. The number of hydrogen-bond donors (Lipinski definition) is 1. The highest BCUT2D eigenvalue weighted by molar-refractivity contribution is 5.27. The smallest absolute Gasteiger partial charge is 0.118 e. The number of rotatable bonds is 8. The molecule has 0 spiro atoms. The summed E-state index contributed by atoms with van der Waals surface area (Å²) in [5.74, 6) is 0.922. The van der Waals surface area contributed by atoms with Crippen LogP contribution in [0.3, 0.4) is 0 Å². The Bertz CT molecular complexity index is 318. The van der Waals surface area contributed by atoms with E-state index in [1.54, 1.807) is 7.11 Å². The average molecular weight is 233 g/mol. The van der Waals surface area contributed by atoms with Crippen molar-refractivity contribution in [1.82, 2.24) is 5.32 Å². The summed E-state index contributed by atoms with van der Waals surface area (Å²) >= 11 is 0. The van der Waals surface area contributed by atoms with Gasteiger partial charge in [-0.25, -0.2) is 0 Å². The van der Waals surface area contributed by atoms with E-state index in [4.69, 9.17) is 4.74 Å². The van der Waals surface area contributed by atoms with Crippen molar-refractivity contribution in [3.05, 3.63) is 42.5 Å². The molecule has 0 bridgehead atoms. The fourth-order valence-corrected chi connectivity index (χ4v) is 1.89. The highest BCUT2D eigenvalue weighted by Gasteiger charge is 2.05. The summed E-state index contributed by atoms with van der Waals surface area (Å²) in [6, 6.07) is 8.90. The van der Waals surface area contributed by atoms with Crippen LogP contribution in [0.25, 0.3) is 0 Å². The van der Waals surface area contributed by atoms with Crippen molar-refractivity contribution in [2.45, 2.75) is 31.7 Å². The van der Waals surface area contributed by atoms with Crippen LogP contribution in [-0.2, 0) is 6.42 Å². The minimum Gasteiger partial charge on any atom is -0.497 e. The molecular weight excluding hydrogens is 210 g/mol. The van der Waals surface area contributed by atoms with E-state index in [9.17, 15) is 0 Å². The third-order valence-corrected chi connectivity index (χ3v) is 3.07. The number of hydrogen-bond acceptors (Lipinski definition) is 2. The van der Waals surface area contributed by atoms with Gasteiger partial charge in [0.05, 0.1) is 7.11 Å². The largest absolute Gasteiger partial charge is 0.497 e. The maximum Gasteiger partial charge on any atom is 0.118 e. The van der Waals surface area contributed by atoms with E-state index in [1.807, 2.05) is 25.3 Å². The summed E-state index contributed by atoms with van der Waals surface area (Å²) in [6.07, 6.45) is 6.49. The van der Waals surface area contributed by atoms with Gasteiger partial charge < -0.3 is 10.1 Å². The zero-order valence-electron chi connectivity index (χ0n) is 10.9. The Balaban J connectivity index is 2.39. The van der Waals surface area contributed by atoms with Crippen LogP contribution in [0.15, 0.2) is 36.9 Å². The highest BCUT2D eigenvalue weighted by Crippen LogP contribution is 2.14. The van der Waals surface area contributed by atoms with E-state index in [2.05, 4.69) is 24.0 Å². The molecule has 0 aliphatic carbocycles. The number of ether oxygens (including phenoxy) is 1. The van der Waals surface area contributed by atoms with E-state index in [-0.39, 0.29) is 0 Å². The van der Waals surface area contributed by atoms with Crippen LogP contribution in [-0.4, -0.2) is 20.2 Å². The van der Waals surface area contributed by atoms with E-state index >= 15 is 0 Å². The number of nitrogens with one attached hydrogen (secondary N) is 1. The first-order valence-corrected chi connectivity index (χ1v) is 6.21. The van der Waals surface area contributed by atoms with Gasteiger partial charge in [-0.2, -0.15) is 0 Å². The summed E-state index contributed by atoms with van der Waals surface area (Å²) < 4.78 is 5.15. The maximum atomic E-state index is 5.15. The molecule has 1 aromatic carbocycles. The van der Waals surface area contributed by atoms with Crippen LogP contribution in [0.2, 0.25) is 0 Å². The lowest BCUT2D eigenvalue weighted by Crippen LogP contribution is -2.25. The second-order valence-corrected chi connectivity index (χ2v) is 4.24. The first kappa shape index (κ1) is 13.8. The summed E-state index contributed by atoms with van der Waals surface area (Å²) in [5, 5.41) is 3.36. The summed E-state index contributed by atoms with van der Waals surface area (Å²) in [6.45, 7) is 3.76. The van der Waals surface area contributed by atoms with Crippen molar-refractivity contribution >= 4 is 0 Å². The Hall–Kier alpha value is -1.28. The minimum atomic E-state index is 0.579. The van der Waals surface area contributed by atoms with Gasteiger partial charge in [0, 0.05) is 6.04 Å². The van der Waals surface area contributed by atoms with Gasteiger partial charge in [-0.3, -0.25) is 0 Å². The van der Waals surface area contributed by atoms with Gasteiger partial charge in [0.25, 0.3) is 0 Å². The topological polar surface area (TPSA) is 21.3 Å². The molecule has 0 fully saturated rings. The Morgan fingerprint density at radius 2 is 2.00 bits per heavy atom. The van der Waals surface area contributed by atoms with E-state index < -0.39 is 0 Å². The Morgan fingerprint density at radius 1 is 1.29 bits per heavy atom. The molecule has 2 nitrogen and oxygen atoms in total. The molecule has 2 heteroatoms. The monoisotopic (exact) mass is 233 g/mol. The van der Waals surface area contributed by atoms with Gasteiger partial charge >= 0.3 is 0 Å². The second-order valence-electron chi connectivity index (χ2n) is 4.24. The summed E-state index contributed by atoms with van der Waals surface area (Å²) in [4.78, 5) is 0. The molecule has 0 aliphatic heterocycles. The quantitative estimate of drug-likeness (QED) is 0.696. The molecule has 0 saturated heterocycles. The first-order valence-electron chi connectivity index (χ1n) is 6.21. The molecule has 0 radical (unpaired) electrons. The van der Waals surface area contributed by atoms with Crippen LogP contribution in [0.5, 0.6) is 5.75 Å². The average Bonchev–Trinajstić information content (AvgIpc) is 2.39. The molecule has 1 atom stereocenters. The lowest BCUT2D eigenvalue weighted by atomic mass is 10.0. The van der Waals surface area contributed by atoms with E-state index in [0.29, 0.717) is 6.04 Å². The molecule has 0 heterocycles. The van der Waals surface area contributed by atoms with Gasteiger partial charge in [0.15, 0.2) is 0 Å². The predicted octanol–water partition coefficient (Wildman–Crippen LogP) is 3.18. The Kier molecular flexibility index (Phi) is 6.41. The number of allylic oxidation sites excluding steroid dienone is 1. The van der Waals surface area contributed by atoms with Gasteiger partial charge in [-0.15, -0.1) is 6.58 Å². The summed E-state index contributed by atoms with van der Waals surface area (Å²) in [5.41, 5.74) is 1.37. The van der Waals surface area contributed by atoms with E-state index in [0.717, 1.165) is 31.4 Å². The van der Waals surface area contributed by atoms with Crippen molar-refractivity contribution in [1.29, 1.82) is 0 Å². The molecule has 1 rings (SSSR count). The second kappa shape index (κ2) is 7.91. The van der Waals surface area contributed by atoms with Crippen LogP contribution >= 0.6 is 0 Å². The normalized spacial score (nSPS) is 12.1. The van der Waals surface area contributed by atoms with Gasteiger partial charge in [0.2, 0.25) is 0 Å².